The number of amides is 3. The summed E-state index contributed by atoms with van der Waals surface area (Å²) in [6, 6.07) is 0.477. The van der Waals surface area contributed by atoms with Gasteiger partial charge in [0.25, 0.3) is 0 Å². The van der Waals surface area contributed by atoms with E-state index in [4.69, 9.17) is 4.74 Å². The predicted molar refractivity (Wildman–Crippen MR) is 84.7 cm³/mol. The van der Waals surface area contributed by atoms with Crippen molar-refractivity contribution in [2.75, 3.05) is 26.7 Å². The largest absolute Gasteiger partial charge is 0.444 e. The van der Waals surface area contributed by atoms with Crippen LogP contribution in [0.2, 0.25) is 0 Å². The zero-order valence-corrected chi connectivity index (χ0v) is 14.2. The number of hydrogen-bond acceptors (Lipinski definition) is 3. The molecule has 6 nitrogen and oxygen atoms in total. The van der Waals surface area contributed by atoms with E-state index in [1.807, 2.05) is 25.7 Å². The summed E-state index contributed by atoms with van der Waals surface area (Å²) in [5.74, 6) is 0.433. The van der Waals surface area contributed by atoms with Crippen LogP contribution in [0.15, 0.2) is 0 Å². The molecule has 6 heteroatoms. The Morgan fingerprint density at radius 3 is 2.27 bits per heavy atom. The van der Waals surface area contributed by atoms with Gasteiger partial charge in [-0.15, -0.1) is 0 Å². The van der Waals surface area contributed by atoms with E-state index in [-0.39, 0.29) is 12.1 Å². The Labute approximate surface area is 133 Å². The minimum atomic E-state index is -0.463. The van der Waals surface area contributed by atoms with Gasteiger partial charge >= 0.3 is 12.1 Å². The highest BCUT2D eigenvalue weighted by molar-refractivity contribution is 5.75. The van der Waals surface area contributed by atoms with Gasteiger partial charge in [0.2, 0.25) is 0 Å². The van der Waals surface area contributed by atoms with Crippen molar-refractivity contribution in [3.8, 4) is 0 Å². The molecule has 1 saturated heterocycles. The van der Waals surface area contributed by atoms with E-state index in [1.165, 1.54) is 0 Å². The van der Waals surface area contributed by atoms with Crippen molar-refractivity contribution in [3.05, 3.63) is 0 Å². The number of rotatable bonds is 3. The minimum Gasteiger partial charge on any atom is -0.444 e. The van der Waals surface area contributed by atoms with E-state index in [2.05, 4.69) is 5.32 Å². The molecule has 1 aliphatic carbocycles. The number of urea groups is 1. The van der Waals surface area contributed by atoms with E-state index < -0.39 is 5.60 Å². The van der Waals surface area contributed by atoms with Crippen molar-refractivity contribution < 1.29 is 14.3 Å². The molecule has 1 aliphatic heterocycles. The fraction of sp³-hybridized carbons (Fsp3) is 0.875. The van der Waals surface area contributed by atoms with Crippen molar-refractivity contribution in [2.45, 2.75) is 58.1 Å². The summed E-state index contributed by atoms with van der Waals surface area (Å²) in [4.78, 5) is 27.5. The first-order chi connectivity index (χ1) is 10.2. The first-order valence-corrected chi connectivity index (χ1v) is 8.24. The molecule has 1 N–H and O–H groups in total. The quantitative estimate of drug-likeness (QED) is 0.871. The van der Waals surface area contributed by atoms with Gasteiger partial charge in [0.1, 0.15) is 5.60 Å². The summed E-state index contributed by atoms with van der Waals surface area (Å²) in [6.07, 6.45) is 3.82. The van der Waals surface area contributed by atoms with E-state index in [0.717, 1.165) is 38.8 Å². The van der Waals surface area contributed by atoms with Gasteiger partial charge in [0.15, 0.2) is 0 Å². The molecule has 0 spiro atoms. The van der Waals surface area contributed by atoms with Crippen molar-refractivity contribution >= 4 is 12.1 Å². The molecule has 0 atom stereocenters. The van der Waals surface area contributed by atoms with Crippen molar-refractivity contribution in [3.63, 3.8) is 0 Å². The molecular formula is C16H29N3O3. The lowest BCUT2D eigenvalue weighted by molar-refractivity contribution is 0.0254. The molecule has 22 heavy (non-hydrogen) atoms. The van der Waals surface area contributed by atoms with Crippen LogP contribution in [0.25, 0.3) is 0 Å². The molecule has 0 unspecified atom stereocenters. The highest BCUT2D eigenvalue weighted by Crippen LogP contribution is 2.22. The highest BCUT2D eigenvalue weighted by Gasteiger charge is 2.29. The molecule has 0 aromatic carbocycles. The van der Waals surface area contributed by atoms with Crippen LogP contribution < -0.4 is 5.32 Å². The van der Waals surface area contributed by atoms with Crippen LogP contribution in [0.5, 0.6) is 0 Å². The van der Waals surface area contributed by atoms with Gasteiger partial charge < -0.3 is 19.9 Å². The smallest absolute Gasteiger partial charge is 0.410 e. The second kappa shape index (κ2) is 6.75. The molecular weight excluding hydrogens is 282 g/mol. The van der Waals surface area contributed by atoms with Gasteiger partial charge in [-0.05, 0) is 52.4 Å². The summed E-state index contributed by atoms with van der Waals surface area (Å²) in [7, 11) is 1.78. The van der Waals surface area contributed by atoms with Crippen LogP contribution in [-0.2, 0) is 4.74 Å². The normalized spacial score (nSPS) is 19.7. The van der Waals surface area contributed by atoms with Gasteiger partial charge in [-0.2, -0.15) is 0 Å². The maximum atomic E-state index is 12.0. The molecule has 0 aromatic rings. The number of hydrogen-bond donors (Lipinski definition) is 1. The van der Waals surface area contributed by atoms with E-state index in [9.17, 15) is 9.59 Å². The third-order valence-electron chi connectivity index (χ3n) is 4.04. The fourth-order valence-electron chi connectivity index (χ4n) is 2.61. The molecule has 1 heterocycles. The summed E-state index contributed by atoms with van der Waals surface area (Å²) >= 11 is 0. The first kappa shape index (κ1) is 16.9. The Hall–Kier alpha value is -1.46. The Bertz CT molecular complexity index is 407. The monoisotopic (exact) mass is 311 g/mol. The van der Waals surface area contributed by atoms with Gasteiger partial charge in [-0.3, -0.25) is 0 Å². The number of ether oxygens (including phenoxy) is 1. The Morgan fingerprint density at radius 1 is 1.18 bits per heavy atom. The molecule has 0 bridgehead atoms. The van der Waals surface area contributed by atoms with Crippen LogP contribution in [-0.4, -0.2) is 60.2 Å². The average Bonchev–Trinajstić information content (AvgIpc) is 3.21. The van der Waals surface area contributed by atoms with Crippen molar-refractivity contribution in [1.82, 2.24) is 15.1 Å². The third kappa shape index (κ3) is 5.39. The Morgan fingerprint density at radius 2 is 1.77 bits per heavy atom. The maximum Gasteiger partial charge on any atom is 0.410 e. The second-order valence-corrected chi connectivity index (χ2v) is 7.52. The summed E-state index contributed by atoms with van der Waals surface area (Å²) in [5.41, 5.74) is -0.463. The molecule has 0 aromatic heterocycles. The van der Waals surface area contributed by atoms with Crippen molar-refractivity contribution in [2.24, 2.45) is 5.92 Å². The molecule has 2 rings (SSSR count). The maximum absolute atomic E-state index is 12.0. The topological polar surface area (TPSA) is 61.9 Å². The zero-order valence-electron chi connectivity index (χ0n) is 14.2. The number of nitrogens with zero attached hydrogens (tertiary/aromatic N) is 2. The molecule has 2 aliphatic rings. The predicted octanol–water partition coefficient (Wildman–Crippen LogP) is 2.44. The number of carbonyl (C=O) groups is 2. The average molecular weight is 311 g/mol. The van der Waals surface area contributed by atoms with Gasteiger partial charge in [0.05, 0.1) is 0 Å². The summed E-state index contributed by atoms with van der Waals surface area (Å²) < 4.78 is 5.36. The molecule has 126 valence electrons. The lowest BCUT2D eigenvalue weighted by Gasteiger charge is -2.34. The minimum absolute atomic E-state index is 0.0708. The first-order valence-electron chi connectivity index (χ1n) is 8.24. The van der Waals surface area contributed by atoms with Crippen LogP contribution in [0.1, 0.15) is 46.5 Å². The molecule has 1 saturated carbocycles. The second-order valence-electron chi connectivity index (χ2n) is 7.52. The third-order valence-corrected chi connectivity index (χ3v) is 4.04. The lowest BCUT2D eigenvalue weighted by Crippen LogP contribution is -2.47. The molecule has 0 radical (unpaired) electrons. The van der Waals surface area contributed by atoms with Crippen LogP contribution >= 0.6 is 0 Å². The number of piperidine rings is 1. The summed E-state index contributed by atoms with van der Waals surface area (Å²) in [6.45, 7) is 7.84. The van der Waals surface area contributed by atoms with Crippen LogP contribution in [0.3, 0.4) is 0 Å². The van der Waals surface area contributed by atoms with Crippen LogP contribution in [0, 0.1) is 5.92 Å². The number of carbonyl (C=O) groups excluding carboxylic acids is 2. The van der Waals surface area contributed by atoms with Gasteiger partial charge in [-0.1, -0.05) is 0 Å². The zero-order chi connectivity index (χ0) is 16.3. The van der Waals surface area contributed by atoms with E-state index >= 15 is 0 Å². The SMILES string of the molecule is CN(CC1CCN(C(=O)NC2CC2)CC1)C(=O)OC(C)(C)C. The van der Waals surface area contributed by atoms with Gasteiger partial charge in [-0.25, -0.2) is 9.59 Å². The standard InChI is InChI=1S/C16H29N3O3/c1-16(2,3)22-15(21)18(4)11-12-7-9-19(10-8-12)14(20)17-13-5-6-13/h12-13H,5-11H2,1-4H3,(H,17,20). The van der Waals surface area contributed by atoms with E-state index in [1.54, 1.807) is 11.9 Å². The molecule has 2 fully saturated rings. The highest BCUT2D eigenvalue weighted by atomic mass is 16.6. The number of nitrogens with one attached hydrogen (secondary N) is 1. The Balaban J connectivity index is 1.70. The van der Waals surface area contributed by atoms with Crippen LogP contribution in [0.4, 0.5) is 9.59 Å². The Kier molecular flexibility index (Phi) is 5.19. The van der Waals surface area contributed by atoms with E-state index in [0.29, 0.717) is 18.5 Å². The van der Waals surface area contributed by atoms with Gasteiger partial charge in [0, 0.05) is 32.7 Å². The lowest BCUT2D eigenvalue weighted by atomic mass is 9.96. The number of likely N-dealkylation sites (tertiary alicyclic amines) is 1. The van der Waals surface area contributed by atoms with Crippen molar-refractivity contribution in [1.29, 1.82) is 0 Å². The fourth-order valence-corrected chi connectivity index (χ4v) is 2.61. The summed E-state index contributed by atoms with van der Waals surface area (Å²) in [5, 5.41) is 3.03. The molecule has 3 amide bonds.